The Hall–Kier alpha value is -2.85. The molecule has 36 heavy (non-hydrogen) atoms. The number of thioether (sulfide) groups is 1. The molecule has 2 atom stereocenters. The smallest absolute Gasteiger partial charge is 0.332 e. The van der Waals surface area contributed by atoms with Crippen molar-refractivity contribution >= 4 is 28.8 Å². The third-order valence-electron chi connectivity index (χ3n) is 6.07. The first-order valence-electron chi connectivity index (χ1n) is 12.8. The zero-order valence-electron chi connectivity index (χ0n) is 21.7. The molecule has 0 aliphatic heterocycles. The zero-order valence-corrected chi connectivity index (χ0v) is 22.5. The molecule has 0 aliphatic carbocycles. The van der Waals surface area contributed by atoms with E-state index in [0.29, 0.717) is 49.6 Å². The summed E-state index contributed by atoms with van der Waals surface area (Å²) in [6.45, 7) is 9.96. The zero-order chi connectivity index (χ0) is 26.2. The van der Waals surface area contributed by atoms with Gasteiger partial charge in [-0.15, -0.1) is 11.8 Å². The molecule has 0 saturated heterocycles. The third kappa shape index (κ3) is 6.47. The number of amides is 1. The normalized spacial score (nSPS) is 13.1. The number of hydrogen-bond donors (Lipinski definition) is 3. The van der Waals surface area contributed by atoms with Crippen LogP contribution in [-0.2, 0) is 24.3 Å². The standard InChI is InChI=1S/C26H38N6O3S/c1-5-14-31-23-21(25(34)32(15-6-2)26(31)35)29-22(30-23)17(3)16-19-8-10-20(11-9-19)36-18(4)24(33)28-13-7-12-27/h8-11,17-18H,5-7,12-16,27H2,1-4H3,(H,28,33)(H,29,30). The summed E-state index contributed by atoms with van der Waals surface area (Å²) in [5, 5.41) is 2.71. The van der Waals surface area contributed by atoms with E-state index in [1.165, 1.54) is 16.3 Å². The topological polar surface area (TPSA) is 128 Å². The van der Waals surface area contributed by atoms with Crippen molar-refractivity contribution in [2.24, 2.45) is 5.73 Å². The van der Waals surface area contributed by atoms with Gasteiger partial charge in [0.1, 0.15) is 11.3 Å². The molecule has 2 aromatic heterocycles. The van der Waals surface area contributed by atoms with Gasteiger partial charge in [0.05, 0.1) is 5.25 Å². The van der Waals surface area contributed by atoms with Gasteiger partial charge < -0.3 is 16.0 Å². The van der Waals surface area contributed by atoms with E-state index < -0.39 is 0 Å². The van der Waals surface area contributed by atoms with Gasteiger partial charge >= 0.3 is 5.69 Å². The minimum atomic E-state index is -0.308. The van der Waals surface area contributed by atoms with Crippen LogP contribution in [0.25, 0.3) is 11.2 Å². The van der Waals surface area contributed by atoms with Crippen molar-refractivity contribution in [1.82, 2.24) is 24.4 Å². The van der Waals surface area contributed by atoms with Gasteiger partial charge in [0.25, 0.3) is 5.56 Å². The van der Waals surface area contributed by atoms with E-state index in [2.05, 4.69) is 29.4 Å². The molecule has 2 unspecified atom stereocenters. The van der Waals surface area contributed by atoms with Crippen LogP contribution in [0.3, 0.4) is 0 Å². The summed E-state index contributed by atoms with van der Waals surface area (Å²) in [4.78, 5) is 47.0. The number of carbonyl (C=O) groups excluding carboxylic acids is 1. The second kappa shape index (κ2) is 12.9. The van der Waals surface area contributed by atoms with Crippen molar-refractivity contribution in [3.63, 3.8) is 0 Å². The quantitative estimate of drug-likeness (QED) is 0.238. The fraction of sp³-hybridized carbons (Fsp3) is 0.538. The van der Waals surface area contributed by atoms with E-state index in [1.807, 2.05) is 32.9 Å². The van der Waals surface area contributed by atoms with Gasteiger partial charge in [-0.3, -0.25) is 18.7 Å². The number of nitrogens with zero attached hydrogens (tertiary/aromatic N) is 3. The summed E-state index contributed by atoms with van der Waals surface area (Å²) >= 11 is 1.52. The molecule has 0 spiro atoms. The van der Waals surface area contributed by atoms with Crippen LogP contribution in [0.5, 0.6) is 0 Å². The number of benzene rings is 1. The Balaban J connectivity index is 1.75. The molecule has 1 amide bonds. The predicted octanol–water partition coefficient (Wildman–Crippen LogP) is 3.00. The minimum absolute atomic E-state index is 0.00980. The van der Waals surface area contributed by atoms with E-state index in [9.17, 15) is 14.4 Å². The molecule has 9 nitrogen and oxygen atoms in total. The van der Waals surface area contributed by atoms with E-state index in [4.69, 9.17) is 10.7 Å². The number of imidazole rings is 1. The Kier molecular flexibility index (Phi) is 9.95. The van der Waals surface area contributed by atoms with Gasteiger partial charge in [0.15, 0.2) is 5.65 Å². The van der Waals surface area contributed by atoms with Crippen LogP contribution in [0, 0.1) is 0 Å². The predicted molar refractivity (Wildman–Crippen MR) is 146 cm³/mol. The molecule has 0 fully saturated rings. The third-order valence-corrected chi connectivity index (χ3v) is 7.18. The Labute approximate surface area is 215 Å². The summed E-state index contributed by atoms with van der Waals surface area (Å²) < 4.78 is 2.92. The molecule has 2 heterocycles. The molecule has 0 bridgehead atoms. The highest BCUT2D eigenvalue weighted by Crippen LogP contribution is 2.26. The lowest BCUT2D eigenvalue weighted by Gasteiger charge is -2.13. The number of aryl methyl sites for hydroxylation is 1. The van der Waals surface area contributed by atoms with Gasteiger partial charge in [-0.1, -0.05) is 32.9 Å². The summed E-state index contributed by atoms with van der Waals surface area (Å²) in [5.74, 6) is 0.727. The molecule has 3 aromatic rings. The molecule has 0 radical (unpaired) electrons. The van der Waals surface area contributed by atoms with Crippen molar-refractivity contribution in [3.8, 4) is 0 Å². The molecule has 10 heteroatoms. The van der Waals surface area contributed by atoms with Crippen molar-refractivity contribution in [2.45, 2.75) is 82.5 Å². The lowest BCUT2D eigenvalue weighted by molar-refractivity contribution is -0.120. The lowest BCUT2D eigenvalue weighted by atomic mass is 10.0. The highest BCUT2D eigenvalue weighted by Gasteiger charge is 2.20. The van der Waals surface area contributed by atoms with Gasteiger partial charge in [-0.05, 0) is 56.8 Å². The Morgan fingerprint density at radius 1 is 1.11 bits per heavy atom. The molecule has 1 aromatic carbocycles. The van der Waals surface area contributed by atoms with Gasteiger partial charge in [-0.25, -0.2) is 9.78 Å². The van der Waals surface area contributed by atoms with Crippen LogP contribution < -0.4 is 22.3 Å². The highest BCUT2D eigenvalue weighted by molar-refractivity contribution is 8.00. The Morgan fingerprint density at radius 2 is 1.78 bits per heavy atom. The van der Waals surface area contributed by atoms with E-state index in [1.54, 1.807) is 4.57 Å². The Bertz CT molecular complexity index is 1280. The number of rotatable bonds is 13. The first-order valence-corrected chi connectivity index (χ1v) is 13.6. The molecule has 4 N–H and O–H groups in total. The van der Waals surface area contributed by atoms with E-state index in [-0.39, 0.29) is 28.3 Å². The molecule has 3 rings (SSSR count). The monoisotopic (exact) mass is 514 g/mol. The maximum atomic E-state index is 13.0. The first kappa shape index (κ1) is 27.7. The lowest BCUT2D eigenvalue weighted by Crippen LogP contribution is -2.40. The first-order chi connectivity index (χ1) is 17.3. The van der Waals surface area contributed by atoms with Crippen molar-refractivity contribution in [3.05, 3.63) is 56.5 Å². The maximum absolute atomic E-state index is 13.0. The summed E-state index contributed by atoms with van der Waals surface area (Å²) in [7, 11) is 0. The molecular weight excluding hydrogens is 476 g/mol. The number of aromatic nitrogens is 4. The van der Waals surface area contributed by atoms with Gasteiger partial charge in [-0.2, -0.15) is 0 Å². The van der Waals surface area contributed by atoms with Crippen LogP contribution in [0.4, 0.5) is 0 Å². The fourth-order valence-electron chi connectivity index (χ4n) is 4.13. The molecule has 196 valence electrons. The summed E-state index contributed by atoms with van der Waals surface area (Å²) in [6.07, 6.45) is 2.97. The van der Waals surface area contributed by atoms with Crippen LogP contribution in [0.15, 0.2) is 38.8 Å². The van der Waals surface area contributed by atoms with Crippen molar-refractivity contribution in [2.75, 3.05) is 13.1 Å². The molecule has 0 aliphatic rings. The molecular formula is C26H38N6O3S. The van der Waals surface area contributed by atoms with Gasteiger partial charge in [0.2, 0.25) is 5.91 Å². The summed E-state index contributed by atoms with van der Waals surface area (Å²) in [5.41, 5.74) is 6.83. The highest BCUT2D eigenvalue weighted by atomic mass is 32.2. The number of nitrogens with two attached hydrogens (primary N) is 1. The second-order valence-electron chi connectivity index (χ2n) is 9.15. The van der Waals surface area contributed by atoms with E-state index in [0.717, 1.165) is 29.7 Å². The number of carbonyl (C=O) groups is 1. The second-order valence-corrected chi connectivity index (χ2v) is 10.6. The van der Waals surface area contributed by atoms with Crippen LogP contribution in [0.2, 0.25) is 0 Å². The molecule has 0 saturated carbocycles. The van der Waals surface area contributed by atoms with Gasteiger partial charge in [0, 0.05) is 30.4 Å². The number of fused-ring (bicyclic) bond motifs is 1. The number of nitrogens with one attached hydrogen (secondary N) is 2. The van der Waals surface area contributed by atoms with Crippen molar-refractivity contribution in [1.29, 1.82) is 0 Å². The average Bonchev–Trinajstić information content (AvgIpc) is 3.31. The Morgan fingerprint density at radius 3 is 2.42 bits per heavy atom. The number of aromatic amines is 1. The fourth-order valence-corrected chi connectivity index (χ4v) is 5.03. The summed E-state index contributed by atoms with van der Waals surface area (Å²) in [6, 6.07) is 8.16. The van der Waals surface area contributed by atoms with Crippen LogP contribution in [0.1, 0.15) is 64.3 Å². The van der Waals surface area contributed by atoms with Crippen molar-refractivity contribution < 1.29 is 4.79 Å². The number of hydrogen-bond acceptors (Lipinski definition) is 6. The van der Waals surface area contributed by atoms with Crippen LogP contribution in [-0.4, -0.2) is 43.3 Å². The van der Waals surface area contributed by atoms with Crippen LogP contribution >= 0.6 is 11.8 Å². The van der Waals surface area contributed by atoms with E-state index >= 15 is 0 Å². The largest absolute Gasteiger partial charge is 0.355 e. The number of H-pyrrole nitrogens is 1. The average molecular weight is 515 g/mol. The SMILES string of the molecule is CCCn1c(=O)c2[nH]c(C(C)Cc3ccc(SC(C)C(=O)NCCCN)cc3)nc2n(CCC)c1=O. The maximum Gasteiger partial charge on any atom is 0.332 e. The minimum Gasteiger partial charge on any atom is -0.355 e.